The second kappa shape index (κ2) is 10.4. The van der Waals surface area contributed by atoms with Gasteiger partial charge in [-0.15, -0.1) is 0 Å². The van der Waals surface area contributed by atoms with E-state index < -0.39 is 18.0 Å². The third-order valence-electron chi connectivity index (χ3n) is 5.02. The molecule has 0 spiro atoms. The van der Waals surface area contributed by atoms with E-state index in [1.807, 2.05) is 44.2 Å². The summed E-state index contributed by atoms with van der Waals surface area (Å²) in [7, 11) is 0. The lowest BCUT2D eigenvalue weighted by Gasteiger charge is -2.19. The van der Waals surface area contributed by atoms with Crippen molar-refractivity contribution < 1.29 is 24.2 Å². The van der Waals surface area contributed by atoms with E-state index >= 15 is 0 Å². The van der Waals surface area contributed by atoms with Gasteiger partial charge in [0.15, 0.2) is 6.10 Å². The first kappa shape index (κ1) is 23.7. The minimum atomic E-state index is -0.935. The summed E-state index contributed by atoms with van der Waals surface area (Å²) in [5.41, 5.74) is 8.86. The van der Waals surface area contributed by atoms with Gasteiger partial charge >= 0.3 is 5.97 Å². The van der Waals surface area contributed by atoms with E-state index in [4.69, 9.17) is 9.53 Å². The van der Waals surface area contributed by atoms with Crippen molar-refractivity contribution in [1.82, 2.24) is 4.57 Å². The molecule has 0 aliphatic carbocycles. The van der Waals surface area contributed by atoms with Gasteiger partial charge in [-0.3, -0.25) is 9.59 Å². The summed E-state index contributed by atoms with van der Waals surface area (Å²) in [6.45, 7) is 8.65. The van der Waals surface area contributed by atoms with E-state index in [-0.39, 0.29) is 12.2 Å². The quantitative estimate of drug-likeness (QED) is 0.446. The minimum absolute atomic E-state index is 0.0556. The number of primary amides is 1. The predicted octanol–water partition coefficient (Wildman–Crippen LogP) is 3.47. The summed E-state index contributed by atoms with van der Waals surface area (Å²) in [5.74, 6) is -1.34. The number of nitrogens with two attached hydrogens (primary N) is 1. The number of amides is 1. The summed E-state index contributed by atoms with van der Waals surface area (Å²) < 4.78 is 8.20. The molecule has 0 radical (unpaired) electrons. The van der Waals surface area contributed by atoms with Crippen LogP contribution in [0.2, 0.25) is 0 Å². The Kier molecular flexibility index (Phi) is 7.96. The molecule has 3 N–H and O–H groups in total. The van der Waals surface area contributed by atoms with Gasteiger partial charge in [-0.05, 0) is 37.1 Å². The molecule has 7 nitrogen and oxygen atoms in total. The number of aryl methyl sites for hydroxylation is 1. The lowest BCUT2D eigenvalue weighted by molar-refractivity contribution is -0.147. The highest BCUT2D eigenvalue weighted by Gasteiger charge is 2.25. The number of benzene rings is 2. The van der Waals surface area contributed by atoms with Crippen LogP contribution in [0.4, 0.5) is 0 Å². The Hall–Kier alpha value is -3.61. The molecular formula is C24H28N2O5. The van der Waals surface area contributed by atoms with Crippen LogP contribution in [0.15, 0.2) is 48.5 Å². The van der Waals surface area contributed by atoms with E-state index in [9.17, 15) is 14.7 Å². The minimum Gasteiger partial charge on any atom is -0.478 e. The van der Waals surface area contributed by atoms with Crippen LogP contribution >= 0.6 is 0 Å². The second-order valence-corrected chi connectivity index (χ2v) is 7.57. The molecule has 164 valence electrons. The van der Waals surface area contributed by atoms with Crippen molar-refractivity contribution in [2.45, 2.75) is 40.3 Å². The van der Waals surface area contributed by atoms with Gasteiger partial charge in [0, 0.05) is 23.5 Å². The van der Waals surface area contributed by atoms with Crippen molar-refractivity contribution in [2.24, 2.45) is 11.7 Å². The fourth-order valence-electron chi connectivity index (χ4n) is 3.36. The number of carbonyl (C=O) groups excluding carboxylic acids is 2. The van der Waals surface area contributed by atoms with Crippen LogP contribution < -0.4 is 10.5 Å². The average molecular weight is 424 g/mol. The molecule has 0 bridgehead atoms. The maximum Gasteiger partial charge on any atom is 0.345 e. The molecular weight excluding hydrogens is 396 g/mol. The molecule has 1 aromatic heterocycles. The van der Waals surface area contributed by atoms with E-state index in [1.165, 1.54) is 5.56 Å². The first-order valence-corrected chi connectivity index (χ1v) is 9.93. The van der Waals surface area contributed by atoms with E-state index in [1.54, 1.807) is 0 Å². The van der Waals surface area contributed by atoms with E-state index in [2.05, 4.69) is 42.3 Å². The lowest BCUT2D eigenvalue weighted by atomic mass is 10.1. The number of aldehydes is 1. The average Bonchev–Trinajstić information content (AvgIpc) is 2.98. The molecule has 0 saturated carbocycles. The molecule has 0 aliphatic heterocycles. The van der Waals surface area contributed by atoms with Crippen molar-refractivity contribution in [3.05, 3.63) is 65.4 Å². The number of aliphatic carboxylic acids is 1. The van der Waals surface area contributed by atoms with E-state index in [0.29, 0.717) is 5.75 Å². The Balaban J connectivity index is 0.000000614. The first-order chi connectivity index (χ1) is 14.7. The fraction of sp³-hybridized carbons (Fsp3) is 0.292. The van der Waals surface area contributed by atoms with Crippen LogP contribution in [0.5, 0.6) is 5.75 Å². The van der Waals surface area contributed by atoms with Crippen LogP contribution in [0.1, 0.15) is 30.7 Å². The highest BCUT2D eigenvalue weighted by molar-refractivity contribution is 6.22. The maximum absolute atomic E-state index is 11.5. The molecule has 31 heavy (non-hydrogen) atoms. The van der Waals surface area contributed by atoms with Crippen molar-refractivity contribution in [1.29, 1.82) is 0 Å². The summed E-state index contributed by atoms with van der Waals surface area (Å²) in [4.78, 5) is 29.8. The third-order valence-corrected chi connectivity index (χ3v) is 5.02. The van der Waals surface area contributed by atoms with Gasteiger partial charge < -0.3 is 20.1 Å². The molecule has 0 aliphatic rings. The standard InChI is InChI=1S/C22H25NO3.C2H3NO2/c1-14(2)21(22(24)25)26-19-12-8-11-18-20(19)15(3)16(4)23(18)13-17-9-6-5-7-10-17;3-2(5)1-4/h5-12,14,21H,13H2,1-4H3,(H,24,25);1H,(H2,3,5). The first-order valence-electron chi connectivity index (χ1n) is 9.93. The summed E-state index contributed by atoms with van der Waals surface area (Å²) >= 11 is 0. The largest absolute Gasteiger partial charge is 0.478 e. The molecule has 1 heterocycles. The maximum atomic E-state index is 11.5. The summed E-state index contributed by atoms with van der Waals surface area (Å²) in [5, 5.41) is 10.5. The van der Waals surface area contributed by atoms with Gasteiger partial charge in [-0.25, -0.2) is 4.79 Å². The molecule has 1 atom stereocenters. The summed E-state index contributed by atoms with van der Waals surface area (Å²) in [6.07, 6.45) is -0.808. The monoisotopic (exact) mass is 424 g/mol. The molecule has 3 aromatic rings. The van der Waals surface area contributed by atoms with Crippen molar-refractivity contribution >= 4 is 29.1 Å². The van der Waals surface area contributed by atoms with Crippen LogP contribution in [-0.2, 0) is 20.9 Å². The molecule has 1 unspecified atom stereocenters. The van der Waals surface area contributed by atoms with Crippen molar-refractivity contribution in [2.75, 3.05) is 0 Å². The zero-order chi connectivity index (χ0) is 23.1. The predicted molar refractivity (Wildman–Crippen MR) is 119 cm³/mol. The molecule has 0 fully saturated rings. The third kappa shape index (κ3) is 5.72. The summed E-state index contributed by atoms with van der Waals surface area (Å²) in [6, 6.07) is 16.2. The molecule has 1 amide bonds. The SMILES string of the molecule is Cc1c(C)n(Cc2ccccc2)c2cccc(OC(C(=O)O)C(C)C)c12.NC(=O)C=O. The van der Waals surface area contributed by atoms with Gasteiger partial charge in [0.2, 0.25) is 6.29 Å². The number of rotatable bonds is 7. The number of carboxylic acids is 1. The van der Waals surface area contributed by atoms with Gasteiger partial charge in [-0.2, -0.15) is 0 Å². The van der Waals surface area contributed by atoms with Crippen molar-refractivity contribution in [3.8, 4) is 5.75 Å². The van der Waals surface area contributed by atoms with Gasteiger partial charge in [0.05, 0.1) is 5.52 Å². The number of carboxylic acid groups (broad SMARTS) is 1. The van der Waals surface area contributed by atoms with Gasteiger partial charge in [0.1, 0.15) is 5.75 Å². The topological polar surface area (TPSA) is 112 Å². The number of fused-ring (bicyclic) bond motifs is 1. The molecule has 7 heteroatoms. The van der Waals surface area contributed by atoms with Gasteiger partial charge in [-0.1, -0.05) is 50.2 Å². The molecule has 3 rings (SSSR count). The zero-order valence-corrected chi connectivity index (χ0v) is 18.2. The number of nitrogens with zero attached hydrogens (tertiary/aromatic N) is 1. The van der Waals surface area contributed by atoms with Crippen LogP contribution in [0.3, 0.4) is 0 Å². The number of hydrogen-bond donors (Lipinski definition) is 2. The Morgan fingerprint density at radius 1 is 1.10 bits per heavy atom. The van der Waals surface area contributed by atoms with E-state index in [0.717, 1.165) is 28.7 Å². The van der Waals surface area contributed by atoms with Crippen LogP contribution in [-0.4, -0.2) is 33.9 Å². The Morgan fingerprint density at radius 2 is 1.71 bits per heavy atom. The zero-order valence-electron chi connectivity index (χ0n) is 18.2. The smallest absolute Gasteiger partial charge is 0.345 e. The lowest BCUT2D eigenvalue weighted by Crippen LogP contribution is -2.32. The number of hydrogen-bond acceptors (Lipinski definition) is 4. The Bertz CT molecular complexity index is 1070. The highest BCUT2D eigenvalue weighted by atomic mass is 16.5. The van der Waals surface area contributed by atoms with Crippen LogP contribution in [0, 0.1) is 19.8 Å². The second-order valence-electron chi connectivity index (χ2n) is 7.57. The number of carbonyl (C=O) groups is 3. The van der Waals surface area contributed by atoms with Crippen LogP contribution in [0.25, 0.3) is 10.9 Å². The number of ether oxygens (including phenoxy) is 1. The Morgan fingerprint density at radius 3 is 2.23 bits per heavy atom. The normalized spacial score (nSPS) is 11.5. The van der Waals surface area contributed by atoms with Gasteiger partial charge in [0.25, 0.3) is 5.91 Å². The molecule has 0 saturated heterocycles. The molecule has 2 aromatic carbocycles. The van der Waals surface area contributed by atoms with Crippen molar-refractivity contribution in [3.63, 3.8) is 0 Å². The highest BCUT2D eigenvalue weighted by Crippen LogP contribution is 2.34. The Labute approximate surface area is 181 Å². The fourth-order valence-corrected chi connectivity index (χ4v) is 3.36. The number of aromatic nitrogens is 1.